The Hall–Kier alpha value is -1.75. The molecule has 5 heteroatoms. The number of benzene rings is 1. The average Bonchev–Trinajstić information content (AvgIpc) is 2.35. The molecule has 0 saturated carbocycles. The minimum absolute atomic E-state index is 0.0290. The molecule has 0 aliphatic carbocycles. The van der Waals surface area contributed by atoms with Crippen LogP contribution in [0.4, 0.5) is 0 Å². The van der Waals surface area contributed by atoms with E-state index in [1.165, 1.54) is 0 Å². The SMILES string of the molecule is CCOc1cccc(OCC(OCC)C(=O)O)c1. The number of carboxylic acids is 1. The van der Waals surface area contributed by atoms with E-state index in [-0.39, 0.29) is 6.61 Å². The second kappa shape index (κ2) is 7.55. The van der Waals surface area contributed by atoms with Gasteiger partial charge in [-0.05, 0) is 26.0 Å². The lowest BCUT2D eigenvalue weighted by molar-refractivity contribution is -0.152. The molecule has 0 aliphatic heterocycles. The molecular weight excluding hydrogens is 236 g/mol. The van der Waals surface area contributed by atoms with Gasteiger partial charge in [0.25, 0.3) is 0 Å². The van der Waals surface area contributed by atoms with Gasteiger partial charge in [0.15, 0.2) is 6.10 Å². The maximum atomic E-state index is 10.9. The van der Waals surface area contributed by atoms with Crippen LogP contribution in [0.15, 0.2) is 24.3 Å². The molecule has 0 amide bonds. The highest BCUT2D eigenvalue weighted by molar-refractivity contribution is 5.72. The highest BCUT2D eigenvalue weighted by atomic mass is 16.5. The van der Waals surface area contributed by atoms with Crippen LogP contribution in [0.1, 0.15) is 13.8 Å². The van der Waals surface area contributed by atoms with Crippen molar-refractivity contribution in [3.05, 3.63) is 24.3 Å². The zero-order valence-electron chi connectivity index (χ0n) is 10.6. The molecule has 1 rings (SSSR count). The zero-order chi connectivity index (χ0) is 13.4. The van der Waals surface area contributed by atoms with Gasteiger partial charge in [0.1, 0.15) is 18.1 Å². The Balaban J connectivity index is 2.55. The van der Waals surface area contributed by atoms with E-state index in [1.54, 1.807) is 25.1 Å². The fourth-order valence-corrected chi connectivity index (χ4v) is 1.38. The summed E-state index contributed by atoms with van der Waals surface area (Å²) in [6.07, 6.45) is -0.953. The largest absolute Gasteiger partial charge is 0.494 e. The smallest absolute Gasteiger partial charge is 0.336 e. The van der Waals surface area contributed by atoms with Gasteiger partial charge in [-0.3, -0.25) is 0 Å². The van der Waals surface area contributed by atoms with Gasteiger partial charge in [0.05, 0.1) is 6.61 Å². The van der Waals surface area contributed by atoms with Crippen molar-refractivity contribution in [1.29, 1.82) is 0 Å². The van der Waals surface area contributed by atoms with Gasteiger partial charge in [-0.25, -0.2) is 4.79 Å². The lowest BCUT2D eigenvalue weighted by Crippen LogP contribution is -2.30. The predicted octanol–water partition coefficient (Wildman–Crippen LogP) is 1.95. The molecule has 1 aromatic rings. The Bertz CT molecular complexity index is 377. The van der Waals surface area contributed by atoms with Crippen LogP contribution in [0.25, 0.3) is 0 Å². The molecule has 0 saturated heterocycles. The highest BCUT2D eigenvalue weighted by Crippen LogP contribution is 2.19. The average molecular weight is 254 g/mol. The van der Waals surface area contributed by atoms with E-state index in [0.29, 0.717) is 24.7 Å². The second-order valence-corrected chi connectivity index (χ2v) is 3.50. The summed E-state index contributed by atoms with van der Waals surface area (Å²) >= 11 is 0. The van der Waals surface area contributed by atoms with E-state index in [2.05, 4.69) is 0 Å². The quantitative estimate of drug-likeness (QED) is 0.768. The number of aliphatic carboxylic acids is 1. The van der Waals surface area contributed by atoms with Crippen molar-refractivity contribution in [2.24, 2.45) is 0 Å². The van der Waals surface area contributed by atoms with Gasteiger partial charge in [-0.1, -0.05) is 6.07 Å². The van der Waals surface area contributed by atoms with Crippen LogP contribution in [-0.4, -0.2) is 37.0 Å². The molecule has 0 spiro atoms. The molecule has 18 heavy (non-hydrogen) atoms. The molecule has 0 aromatic heterocycles. The summed E-state index contributed by atoms with van der Waals surface area (Å²) in [7, 11) is 0. The Kier molecular flexibility index (Phi) is 6.00. The first-order chi connectivity index (χ1) is 8.67. The molecule has 1 aromatic carbocycles. The molecule has 1 atom stereocenters. The van der Waals surface area contributed by atoms with Crippen molar-refractivity contribution in [1.82, 2.24) is 0 Å². The first-order valence-corrected chi connectivity index (χ1v) is 5.87. The summed E-state index contributed by atoms with van der Waals surface area (Å²) in [6.45, 7) is 4.51. The van der Waals surface area contributed by atoms with Crippen molar-refractivity contribution in [2.75, 3.05) is 19.8 Å². The molecule has 0 bridgehead atoms. The maximum absolute atomic E-state index is 10.9. The molecule has 1 unspecified atom stereocenters. The van der Waals surface area contributed by atoms with E-state index in [9.17, 15) is 4.79 Å². The minimum Gasteiger partial charge on any atom is -0.494 e. The van der Waals surface area contributed by atoms with Crippen molar-refractivity contribution < 1.29 is 24.1 Å². The van der Waals surface area contributed by atoms with Gasteiger partial charge in [-0.15, -0.1) is 0 Å². The third-order valence-corrected chi connectivity index (χ3v) is 2.16. The Labute approximate surface area is 106 Å². The molecule has 5 nitrogen and oxygen atoms in total. The maximum Gasteiger partial charge on any atom is 0.336 e. The van der Waals surface area contributed by atoms with Crippen LogP contribution in [0.3, 0.4) is 0 Å². The van der Waals surface area contributed by atoms with E-state index in [1.807, 2.05) is 13.0 Å². The van der Waals surface area contributed by atoms with Gasteiger partial charge >= 0.3 is 5.97 Å². The summed E-state index contributed by atoms with van der Waals surface area (Å²) in [4.78, 5) is 10.9. The monoisotopic (exact) mass is 254 g/mol. The zero-order valence-corrected chi connectivity index (χ0v) is 10.6. The van der Waals surface area contributed by atoms with Crippen LogP contribution < -0.4 is 9.47 Å². The number of carboxylic acid groups (broad SMARTS) is 1. The standard InChI is InChI=1S/C13H18O5/c1-3-16-10-6-5-7-11(8-10)18-9-12(13(14)15)17-4-2/h5-8,12H,3-4,9H2,1-2H3,(H,14,15). The predicted molar refractivity (Wildman–Crippen MR) is 66.2 cm³/mol. The summed E-state index contributed by atoms with van der Waals surface area (Å²) < 4.78 is 15.8. The Morgan fingerprint density at radius 3 is 2.44 bits per heavy atom. The number of rotatable bonds is 8. The lowest BCUT2D eigenvalue weighted by Gasteiger charge is -2.14. The van der Waals surface area contributed by atoms with Crippen molar-refractivity contribution >= 4 is 5.97 Å². The van der Waals surface area contributed by atoms with Crippen molar-refractivity contribution in [2.45, 2.75) is 20.0 Å². The number of hydrogen-bond donors (Lipinski definition) is 1. The molecule has 0 radical (unpaired) electrons. The van der Waals surface area contributed by atoms with Crippen molar-refractivity contribution in [3.8, 4) is 11.5 Å². The van der Waals surface area contributed by atoms with E-state index in [0.717, 1.165) is 0 Å². The Morgan fingerprint density at radius 2 is 1.89 bits per heavy atom. The van der Waals surface area contributed by atoms with Crippen LogP contribution in [0.5, 0.6) is 11.5 Å². The molecule has 0 aliphatic rings. The number of ether oxygens (including phenoxy) is 3. The molecule has 0 heterocycles. The van der Waals surface area contributed by atoms with Gasteiger partial charge in [-0.2, -0.15) is 0 Å². The fourth-order valence-electron chi connectivity index (χ4n) is 1.38. The summed E-state index contributed by atoms with van der Waals surface area (Å²) in [5, 5.41) is 8.89. The second-order valence-electron chi connectivity index (χ2n) is 3.50. The molecule has 1 N–H and O–H groups in total. The lowest BCUT2D eigenvalue weighted by atomic mass is 10.3. The third-order valence-electron chi connectivity index (χ3n) is 2.16. The van der Waals surface area contributed by atoms with Crippen LogP contribution in [0, 0.1) is 0 Å². The topological polar surface area (TPSA) is 65.0 Å². The van der Waals surface area contributed by atoms with Crippen molar-refractivity contribution in [3.63, 3.8) is 0 Å². The Morgan fingerprint density at radius 1 is 1.22 bits per heavy atom. The first-order valence-electron chi connectivity index (χ1n) is 5.87. The molecule has 100 valence electrons. The normalized spacial score (nSPS) is 11.9. The van der Waals surface area contributed by atoms with Crippen LogP contribution in [-0.2, 0) is 9.53 Å². The molecular formula is C13H18O5. The minimum atomic E-state index is -1.03. The first kappa shape index (κ1) is 14.3. The van der Waals surface area contributed by atoms with Crippen LogP contribution >= 0.6 is 0 Å². The molecule has 0 fully saturated rings. The van der Waals surface area contributed by atoms with E-state index in [4.69, 9.17) is 19.3 Å². The van der Waals surface area contributed by atoms with Gasteiger partial charge in [0, 0.05) is 12.7 Å². The summed E-state index contributed by atoms with van der Waals surface area (Å²) in [5.74, 6) is 0.225. The van der Waals surface area contributed by atoms with Gasteiger partial charge in [0.2, 0.25) is 0 Å². The van der Waals surface area contributed by atoms with E-state index < -0.39 is 12.1 Å². The third kappa shape index (κ3) is 4.63. The van der Waals surface area contributed by atoms with Gasteiger partial charge < -0.3 is 19.3 Å². The summed E-state index contributed by atoms with van der Waals surface area (Å²) in [5.41, 5.74) is 0. The fraction of sp³-hybridized carbons (Fsp3) is 0.462. The summed E-state index contributed by atoms with van der Waals surface area (Å²) in [6, 6.07) is 7.06. The number of carbonyl (C=O) groups is 1. The van der Waals surface area contributed by atoms with E-state index >= 15 is 0 Å². The number of hydrogen-bond acceptors (Lipinski definition) is 4. The van der Waals surface area contributed by atoms with Crippen LogP contribution in [0.2, 0.25) is 0 Å². The highest BCUT2D eigenvalue weighted by Gasteiger charge is 2.18.